The van der Waals surface area contributed by atoms with E-state index in [9.17, 15) is 9.46 Å². The highest BCUT2D eigenvalue weighted by Gasteiger charge is 2.54. The summed E-state index contributed by atoms with van der Waals surface area (Å²) >= 11 is 5.57. The summed E-state index contributed by atoms with van der Waals surface area (Å²) in [5.74, 6) is 0.425. The molecular formula is C28H38N3O8P3S+2. The Morgan fingerprint density at radius 2 is 1.51 bits per heavy atom. The summed E-state index contributed by atoms with van der Waals surface area (Å²) in [4.78, 5) is 13.4. The Balaban J connectivity index is 1.87. The lowest BCUT2D eigenvalue weighted by Crippen LogP contribution is -2.32. The first kappa shape index (κ1) is 35.2. The molecule has 0 radical (unpaired) electrons. The predicted molar refractivity (Wildman–Crippen MR) is 174 cm³/mol. The molecule has 0 fully saturated rings. The van der Waals surface area contributed by atoms with E-state index >= 15 is 0 Å². The van der Waals surface area contributed by atoms with E-state index in [1.54, 1.807) is 54.3 Å². The fourth-order valence-electron chi connectivity index (χ4n) is 4.06. The molecule has 0 saturated heterocycles. The highest BCUT2D eigenvalue weighted by Crippen LogP contribution is 2.69. The van der Waals surface area contributed by atoms with Crippen LogP contribution in [-0.2, 0) is 41.0 Å². The van der Waals surface area contributed by atoms with Gasteiger partial charge in [-0.3, -0.25) is 9.09 Å². The third-order valence-electron chi connectivity index (χ3n) is 6.41. The molecule has 0 bridgehead atoms. The Labute approximate surface area is 260 Å². The SMILES string of the molecule is COc1ccc(/C=N\N(C)[P+](=S)Oc2ccc(C(N(Cc3ccccc3)CP(=O)(OC)OC)[P+](O)(OC)OC)cc2)cc1. The van der Waals surface area contributed by atoms with Crippen LogP contribution in [0.1, 0.15) is 22.5 Å². The largest absolute Gasteiger partial charge is 0.540 e. The van der Waals surface area contributed by atoms with E-state index in [4.69, 9.17) is 39.2 Å². The standard InChI is InChI=1S/C28H38N3O8P3S/c1-30(29-20-23-12-16-26(34-2)17-13-23)40(43)39-27-18-14-25(15-19-27)28(42(33,37-5)38-6)31(22-41(32,35-3)36-4)21-24-10-8-7-9-11-24/h7-20,28,33H,21-22H2,1-6H3/q+2/b29-20-. The van der Waals surface area contributed by atoms with E-state index in [0.29, 0.717) is 17.9 Å². The number of hydrogen-bond acceptors (Lipinski definition) is 11. The third kappa shape index (κ3) is 9.83. The van der Waals surface area contributed by atoms with Crippen LogP contribution in [0.15, 0.2) is 84.0 Å². The molecule has 0 spiro atoms. The maximum absolute atomic E-state index is 13.3. The van der Waals surface area contributed by atoms with Crippen LogP contribution >= 0.6 is 22.6 Å². The van der Waals surface area contributed by atoms with Gasteiger partial charge in [0.05, 0.1) is 34.6 Å². The molecule has 0 aromatic heterocycles. The van der Waals surface area contributed by atoms with E-state index in [1.807, 2.05) is 54.6 Å². The molecule has 0 aliphatic carbocycles. The van der Waals surface area contributed by atoms with Crippen molar-refractivity contribution in [3.63, 3.8) is 0 Å². The Kier molecular flexibility index (Phi) is 13.6. The van der Waals surface area contributed by atoms with Gasteiger partial charge >= 0.3 is 22.6 Å². The first-order chi connectivity index (χ1) is 20.6. The molecule has 2 atom stereocenters. The number of ether oxygens (including phenoxy) is 1. The first-order valence-electron chi connectivity index (χ1n) is 13.0. The smallest absolute Gasteiger partial charge is 0.497 e. The number of nitrogens with zero attached hydrogens (tertiary/aromatic N) is 3. The lowest BCUT2D eigenvalue weighted by atomic mass is 10.1. The number of methoxy groups -OCH3 is 1. The first-order valence-corrected chi connectivity index (χ1v) is 18.6. The van der Waals surface area contributed by atoms with Gasteiger partial charge in [0.1, 0.15) is 12.0 Å². The Morgan fingerprint density at radius 3 is 2.05 bits per heavy atom. The lowest BCUT2D eigenvalue weighted by molar-refractivity contribution is 0.162. The van der Waals surface area contributed by atoms with Crippen LogP contribution in [0.2, 0.25) is 0 Å². The Hall–Kier alpha value is -2.33. The maximum Gasteiger partial charge on any atom is 0.540 e. The Morgan fingerprint density at radius 1 is 0.930 bits per heavy atom. The molecule has 11 nitrogen and oxygen atoms in total. The molecule has 0 aliphatic heterocycles. The number of hydrazone groups is 1. The monoisotopic (exact) mass is 669 g/mol. The van der Waals surface area contributed by atoms with Gasteiger partial charge in [0.15, 0.2) is 5.75 Å². The Bertz CT molecular complexity index is 1370. The summed E-state index contributed by atoms with van der Waals surface area (Å²) in [6.45, 7) is 0.296. The van der Waals surface area contributed by atoms with Gasteiger partial charge < -0.3 is 13.8 Å². The van der Waals surface area contributed by atoms with Crippen molar-refractivity contribution in [2.75, 3.05) is 48.9 Å². The maximum atomic E-state index is 13.3. The second-order valence-corrected chi connectivity index (χ2v) is 15.8. The van der Waals surface area contributed by atoms with E-state index in [0.717, 1.165) is 16.9 Å². The number of rotatable bonds is 17. The van der Waals surface area contributed by atoms with Crippen LogP contribution in [0.5, 0.6) is 11.5 Å². The molecule has 15 heteroatoms. The highest BCUT2D eigenvalue weighted by atomic mass is 32.4. The van der Waals surface area contributed by atoms with Gasteiger partial charge in [-0.1, -0.05) is 35.1 Å². The van der Waals surface area contributed by atoms with Gasteiger partial charge in [-0.25, -0.2) is 4.90 Å². The summed E-state index contributed by atoms with van der Waals surface area (Å²) in [5, 5.41) is 4.41. The average molecular weight is 670 g/mol. The molecule has 0 heterocycles. The average Bonchev–Trinajstić information content (AvgIpc) is 3.04. The van der Waals surface area contributed by atoms with E-state index in [-0.39, 0.29) is 6.29 Å². The van der Waals surface area contributed by atoms with Gasteiger partial charge in [0, 0.05) is 26.3 Å². The van der Waals surface area contributed by atoms with Gasteiger partial charge in [0.25, 0.3) is 0 Å². The van der Waals surface area contributed by atoms with Crippen molar-refractivity contribution in [3.8, 4) is 11.5 Å². The highest BCUT2D eigenvalue weighted by molar-refractivity contribution is 8.02. The van der Waals surface area contributed by atoms with Gasteiger partial charge in [-0.05, 0) is 59.7 Å². The summed E-state index contributed by atoms with van der Waals surface area (Å²) in [5.41, 5.74) is 2.45. The molecule has 43 heavy (non-hydrogen) atoms. The molecule has 3 rings (SSSR count). The number of benzene rings is 3. The second-order valence-electron chi connectivity index (χ2n) is 9.06. The zero-order valence-electron chi connectivity index (χ0n) is 25.0. The molecule has 0 amide bonds. The summed E-state index contributed by atoms with van der Waals surface area (Å²) in [7, 11) is 0.123. The molecular weight excluding hydrogens is 631 g/mol. The van der Waals surface area contributed by atoms with Crippen LogP contribution in [-0.4, -0.2) is 69.7 Å². The quantitative estimate of drug-likeness (QED) is 0.0930. The minimum Gasteiger partial charge on any atom is -0.497 e. The van der Waals surface area contributed by atoms with Crippen LogP contribution in [0.25, 0.3) is 0 Å². The predicted octanol–water partition coefficient (Wildman–Crippen LogP) is 6.81. The summed E-state index contributed by atoms with van der Waals surface area (Å²) in [6, 6.07) is 24.1. The van der Waals surface area contributed by atoms with Crippen LogP contribution in [0.3, 0.4) is 0 Å². The molecule has 2 unspecified atom stereocenters. The fourth-order valence-corrected chi connectivity index (χ4v) is 7.89. The molecule has 0 aliphatic rings. The zero-order valence-corrected chi connectivity index (χ0v) is 28.5. The van der Waals surface area contributed by atoms with E-state index in [2.05, 4.69) is 5.10 Å². The molecule has 3 aromatic carbocycles. The third-order valence-corrected chi connectivity index (χ3v) is 12.4. The van der Waals surface area contributed by atoms with Crippen molar-refractivity contribution in [1.82, 2.24) is 9.68 Å². The van der Waals surface area contributed by atoms with Crippen molar-refractivity contribution >= 4 is 40.6 Å². The van der Waals surface area contributed by atoms with E-state index < -0.39 is 28.4 Å². The molecule has 1 N–H and O–H groups in total. The zero-order chi connectivity index (χ0) is 31.5. The van der Waals surface area contributed by atoms with Crippen molar-refractivity contribution in [3.05, 3.63) is 95.6 Å². The topological polar surface area (TPSA) is 112 Å². The van der Waals surface area contributed by atoms with Crippen molar-refractivity contribution in [2.45, 2.75) is 12.3 Å². The van der Waals surface area contributed by atoms with Crippen molar-refractivity contribution in [2.24, 2.45) is 5.10 Å². The molecule has 232 valence electrons. The van der Waals surface area contributed by atoms with Gasteiger partial charge in [0.2, 0.25) is 17.6 Å². The fraction of sp³-hybridized carbons (Fsp3) is 0.321. The lowest BCUT2D eigenvalue weighted by Gasteiger charge is -2.34. The minimum atomic E-state index is -3.56. The van der Waals surface area contributed by atoms with Gasteiger partial charge in [-0.15, -0.1) is 5.10 Å². The van der Waals surface area contributed by atoms with Crippen molar-refractivity contribution < 1.29 is 36.8 Å². The normalized spacial score (nSPS) is 13.3. The number of hydrogen-bond donors (Lipinski definition) is 1. The second kappa shape index (κ2) is 16.7. The van der Waals surface area contributed by atoms with Crippen LogP contribution in [0, 0.1) is 0 Å². The molecule has 3 aromatic rings. The van der Waals surface area contributed by atoms with Crippen LogP contribution < -0.4 is 9.26 Å². The molecule has 0 saturated carbocycles. The van der Waals surface area contributed by atoms with Crippen molar-refractivity contribution in [1.29, 1.82) is 0 Å². The summed E-state index contributed by atoms with van der Waals surface area (Å²) < 4.78 is 47.7. The van der Waals surface area contributed by atoms with Crippen LogP contribution in [0.4, 0.5) is 0 Å². The summed E-state index contributed by atoms with van der Waals surface area (Å²) in [6.07, 6.45) is 1.56. The van der Waals surface area contributed by atoms with E-state index in [1.165, 1.54) is 28.4 Å². The van der Waals surface area contributed by atoms with Gasteiger partial charge in [-0.2, -0.15) is 13.9 Å². The minimum absolute atomic E-state index is 0.138.